The summed E-state index contributed by atoms with van der Waals surface area (Å²) >= 11 is 0. The van der Waals surface area contributed by atoms with Crippen LogP contribution in [0.2, 0.25) is 0 Å². The van der Waals surface area contributed by atoms with Crippen molar-refractivity contribution in [3.8, 4) is 0 Å². The topological polar surface area (TPSA) is 189 Å². The largest absolute Gasteiger partial charge is 0.394 e. The fraction of sp³-hybridized carbons (Fsp3) is 0.891. The molecule has 1 amide bonds. The van der Waals surface area contributed by atoms with Crippen LogP contribution in [0.5, 0.6) is 0 Å². The molecular weight excluding hydrogens is 727 g/mol. The Balaban J connectivity index is 2.49. The molecule has 1 heterocycles. The number of carbonyl (C=O) groups excluding carboxylic acids is 1. The Kier molecular flexibility index (Phi) is 34.3. The first-order valence-corrected chi connectivity index (χ1v) is 23.2. The molecule has 336 valence electrons. The van der Waals surface area contributed by atoms with Crippen LogP contribution >= 0.6 is 0 Å². The molecule has 0 saturated carbocycles. The van der Waals surface area contributed by atoms with E-state index < -0.39 is 74.2 Å². The summed E-state index contributed by atoms with van der Waals surface area (Å²) in [6, 6.07) is -1.19. The number of hydrogen-bond acceptors (Lipinski definition) is 10. The van der Waals surface area contributed by atoms with E-state index in [1.807, 2.05) is 0 Å². The van der Waals surface area contributed by atoms with Crippen LogP contribution in [0.4, 0.5) is 0 Å². The summed E-state index contributed by atoms with van der Waals surface area (Å²) in [4.78, 5) is 13.0. The van der Waals surface area contributed by atoms with Gasteiger partial charge in [-0.05, 0) is 51.4 Å². The maximum atomic E-state index is 13.0. The molecule has 9 unspecified atom stereocenters. The van der Waals surface area contributed by atoms with Crippen LogP contribution in [0.3, 0.4) is 0 Å². The van der Waals surface area contributed by atoms with Gasteiger partial charge in [0.1, 0.15) is 36.6 Å². The van der Waals surface area contributed by atoms with Crippen molar-refractivity contribution in [3.63, 3.8) is 0 Å². The molecule has 8 N–H and O–H groups in total. The van der Waals surface area contributed by atoms with Crippen molar-refractivity contribution >= 4 is 5.91 Å². The average Bonchev–Trinajstić information content (AvgIpc) is 3.21. The highest BCUT2D eigenvalue weighted by molar-refractivity contribution is 5.80. The van der Waals surface area contributed by atoms with Gasteiger partial charge in [0.2, 0.25) is 5.91 Å². The zero-order valence-electron chi connectivity index (χ0n) is 36.1. The predicted octanol–water partition coefficient (Wildman–Crippen LogP) is 7.45. The summed E-state index contributed by atoms with van der Waals surface area (Å²) in [5.41, 5.74) is 0. The Hall–Kier alpha value is -1.41. The van der Waals surface area contributed by atoms with Crippen molar-refractivity contribution in [2.75, 3.05) is 13.2 Å². The number of allylic oxidation sites excluding steroid dienone is 4. The van der Waals surface area contributed by atoms with Crippen molar-refractivity contribution in [2.45, 2.75) is 249 Å². The second-order valence-corrected chi connectivity index (χ2v) is 16.5. The Morgan fingerprint density at radius 3 is 1.56 bits per heavy atom. The number of nitrogens with one attached hydrogen (secondary N) is 1. The molecule has 1 rings (SSSR count). The minimum Gasteiger partial charge on any atom is -0.394 e. The molecule has 0 aliphatic carbocycles. The molecule has 1 aliphatic rings. The van der Waals surface area contributed by atoms with Crippen LogP contribution in [0.25, 0.3) is 0 Å². The first kappa shape index (κ1) is 53.6. The lowest BCUT2D eigenvalue weighted by atomic mass is 9.98. The first-order chi connectivity index (χ1) is 27.7. The third-order valence-corrected chi connectivity index (χ3v) is 11.2. The Morgan fingerprint density at radius 2 is 1.05 bits per heavy atom. The number of aliphatic hydroxyl groups excluding tert-OH is 7. The van der Waals surface area contributed by atoms with Gasteiger partial charge in [0.25, 0.3) is 0 Å². The van der Waals surface area contributed by atoms with Crippen LogP contribution in [-0.2, 0) is 14.3 Å². The average molecular weight is 814 g/mol. The highest BCUT2D eigenvalue weighted by atomic mass is 16.7. The first-order valence-electron chi connectivity index (χ1n) is 23.2. The smallest absolute Gasteiger partial charge is 0.249 e. The number of unbranched alkanes of at least 4 members (excludes halogenated alkanes) is 22. The third-order valence-electron chi connectivity index (χ3n) is 11.2. The number of hydrogen-bond donors (Lipinski definition) is 8. The van der Waals surface area contributed by atoms with Gasteiger partial charge in [0.15, 0.2) is 6.29 Å². The van der Waals surface area contributed by atoms with Gasteiger partial charge in [-0.2, -0.15) is 0 Å². The summed E-state index contributed by atoms with van der Waals surface area (Å²) in [7, 11) is 0. The van der Waals surface area contributed by atoms with E-state index in [-0.39, 0.29) is 12.8 Å². The zero-order valence-corrected chi connectivity index (χ0v) is 36.1. The van der Waals surface area contributed by atoms with E-state index in [4.69, 9.17) is 9.47 Å². The summed E-state index contributed by atoms with van der Waals surface area (Å²) in [5, 5.41) is 75.5. The van der Waals surface area contributed by atoms with Crippen LogP contribution in [0.15, 0.2) is 24.3 Å². The van der Waals surface area contributed by atoms with Gasteiger partial charge in [-0.3, -0.25) is 4.79 Å². The lowest BCUT2D eigenvalue weighted by Gasteiger charge is -2.40. The number of aliphatic hydroxyl groups is 7. The zero-order chi connectivity index (χ0) is 41.9. The molecule has 0 aromatic rings. The van der Waals surface area contributed by atoms with Gasteiger partial charge in [-0.25, -0.2) is 0 Å². The van der Waals surface area contributed by atoms with Crippen LogP contribution in [0.1, 0.15) is 194 Å². The Bertz CT molecular complexity index is 981. The fourth-order valence-electron chi connectivity index (χ4n) is 7.34. The second kappa shape index (κ2) is 36.4. The number of rotatable bonds is 38. The van der Waals surface area contributed by atoms with E-state index in [1.54, 1.807) is 0 Å². The molecule has 0 radical (unpaired) electrons. The van der Waals surface area contributed by atoms with E-state index in [2.05, 4.69) is 43.5 Å². The standard InChI is InChI=1S/C46H87NO10/c1-3-5-7-9-11-13-15-17-18-19-20-21-22-24-25-27-29-31-33-38(49)41(51)37(36-56-46-44(54)43(53)42(52)40(35-48)57-46)47-45(55)39(50)34-32-30-28-26-23-16-14-12-10-8-6-4-2/h20-21,25,27,37-44,46,48-54H,3-19,22-24,26,28-36H2,1-2H3,(H,47,55)/b21-20+,27-25+. The van der Waals surface area contributed by atoms with Gasteiger partial charge >= 0.3 is 0 Å². The van der Waals surface area contributed by atoms with Crippen LogP contribution in [-0.4, -0.2) is 110 Å². The molecule has 0 aromatic heterocycles. The van der Waals surface area contributed by atoms with Gasteiger partial charge in [-0.15, -0.1) is 0 Å². The monoisotopic (exact) mass is 814 g/mol. The van der Waals surface area contributed by atoms with Crippen LogP contribution < -0.4 is 5.32 Å². The highest BCUT2D eigenvalue weighted by Gasteiger charge is 2.44. The third kappa shape index (κ3) is 26.4. The normalized spacial score (nSPS) is 22.3. The lowest BCUT2D eigenvalue weighted by molar-refractivity contribution is -0.303. The van der Waals surface area contributed by atoms with Crippen molar-refractivity contribution < 1.29 is 50.0 Å². The molecule has 57 heavy (non-hydrogen) atoms. The van der Waals surface area contributed by atoms with Crippen LogP contribution in [0, 0.1) is 0 Å². The fourth-order valence-corrected chi connectivity index (χ4v) is 7.34. The minimum atomic E-state index is -1.67. The lowest BCUT2D eigenvalue weighted by Crippen LogP contribution is -2.60. The molecule has 1 aliphatic heterocycles. The van der Waals surface area contributed by atoms with Gasteiger partial charge in [-0.1, -0.05) is 167 Å². The van der Waals surface area contributed by atoms with E-state index in [9.17, 15) is 40.5 Å². The number of carbonyl (C=O) groups is 1. The highest BCUT2D eigenvalue weighted by Crippen LogP contribution is 2.23. The number of ether oxygens (including phenoxy) is 2. The molecule has 9 atom stereocenters. The molecule has 0 bridgehead atoms. The number of amides is 1. The van der Waals surface area contributed by atoms with Gasteiger partial charge in [0.05, 0.1) is 25.4 Å². The molecular formula is C46H87NO10. The van der Waals surface area contributed by atoms with E-state index in [1.165, 1.54) is 109 Å². The van der Waals surface area contributed by atoms with Crippen molar-refractivity contribution in [1.29, 1.82) is 0 Å². The molecule has 1 fully saturated rings. The van der Waals surface area contributed by atoms with E-state index in [0.29, 0.717) is 19.3 Å². The maximum absolute atomic E-state index is 13.0. The molecule has 0 spiro atoms. The summed E-state index contributed by atoms with van der Waals surface area (Å²) in [5.74, 6) is -0.711. The molecule has 1 saturated heterocycles. The summed E-state index contributed by atoms with van der Waals surface area (Å²) in [6.07, 6.45) is 28.0. The predicted molar refractivity (Wildman–Crippen MR) is 229 cm³/mol. The quantitative estimate of drug-likeness (QED) is 0.0230. The molecule has 11 heteroatoms. The van der Waals surface area contributed by atoms with E-state index in [0.717, 1.165) is 38.5 Å². The second-order valence-electron chi connectivity index (χ2n) is 16.5. The SMILES string of the molecule is CCCCCCCCCCC/C=C/CC/C=C/CCCC(O)C(O)C(COC1OC(CO)C(O)C(O)C1O)NC(=O)C(O)CCCCCCCCCCCCCC. The molecule has 11 nitrogen and oxygen atoms in total. The minimum absolute atomic E-state index is 0.248. The van der Waals surface area contributed by atoms with Gasteiger partial charge < -0.3 is 50.5 Å². The maximum Gasteiger partial charge on any atom is 0.249 e. The Morgan fingerprint density at radius 1 is 0.596 bits per heavy atom. The Labute approximate surface area is 346 Å². The van der Waals surface area contributed by atoms with Gasteiger partial charge in [0, 0.05) is 0 Å². The van der Waals surface area contributed by atoms with Crippen molar-refractivity contribution in [1.82, 2.24) is 5.32 Å². The summed E-state index contributed by atoms with van der Waals surface area (Å²) in [6.45, 7) is 3.40. The van der Waals surface area contributed by atoms with Crippen molar-refractivity contribution in [3.05, 3.63) is 24.3 Å². The summed E-state index contributed by atoms with van der Waals surface area (Å²) < 4.78 is 11.1. The molecule has 0 aromatic carbocycles. The van der Waals surface area contributed by atoms with Crippen molar-refractivity contribution in [2.24, 2.45) is 0 Å². The van der Waals surface area contributed by atoms with E-state index >= 15 is 0 Å².